The number of aliphatic imine (C=N–C) groups is 1. The predicted molar refractivity (Wildman–Crippen MR) is 98.8 cm³/mol. The van der Waals surface area contributed by atoms with E-state index in [0.29, 0.717) is 0 Å². The lowest BCUT2D eigenvalue weighted by molar-refractivity contribution is 0.182. The number of urea groups is 1. The topological polar surface area (TPSA) is 145 Å². The number of benzene rings is 1. The molecule has 0 fully saturated rings. The van der Waals surface area contributed by atoms with Crippen molar-refractivity contribution in [2.45, 2.75) is 13.0 Å². The van der Waals surface area contributed by atoms with Gasteiger partial charge in [-0.3, -0.25) is 5.32 Å². The summed E-state index contributed by atoms with van der Waals surface area (Å²) >= 11 is 0. The van der Waals surface area contributed by atoms with Crippen LogP contribution in [0.5, 0.6) is 0 Å². The number of carbonyl (C=O) groups is 2. The van der Waals surface area contributed by atoms with E-state index >= 15 is 0 Å². The largest absolute Gasteiger partial charge is 0.451 e. The first kappa shape index (κ1) is 18.7. The third kappa shape index (κ3) is 4.94. The molecule has 9 heteroatoms. The molecule has 0 saturated carbocycles. The first-order valence-corrected chi connectivity index (χ1v) is 7.71. The summed E-state index contributed by atoms with van der Waals surface area (Å²) in [7, 11) is 1.18. The minimum absolute atomic E-state index is 0.129. The molecule has 0 bridgehead atoms. The van der Waals surface area contributed by atoms with E-state index in [1.54, 1.807) is 0 Å². The number of carbonyl (C=O) groups excluding carboxylic acids is 2. The lowest BCUT2D eigenvalue weighted by Crippen LogP contribution is -2.31. The first-order chi connectivity index (χ1) is 12.4. The van der Waals surface area contributed by atoms with Gasteiger partial charge in [0.05, 0.1) is 18.7 Å². The monoisotopic (exact) mass is 356 g/mol. The summed E-state index contributed by atoms with van der Waals surface area (Å²) in [5.41, 5.74) is 13.0. The molecule has 3 amide bonds. The van der Waals surface area contributed by atoms with Crippen LogP contribution in [-0.4, -0.2) is 30.1 Å². The molecule has 0 unspecified atom stereocenters. The van der Waals surface area contributed by atoms with Crippen molar-refractivity contribution in [1.29, 1.82) is 0 Å². The fraction of sp³-hybridized carbons (Fsp3) is 0.176. The van der Waals surface area contributed by atoms with Gasteiger partial charge in [0.25, 0.3) is 0 Å². The van der Waals surface area contributed by atoms with Gasteiger partial charge in [0.1, 0.15) is 11.7 Å². The maximum absolute atomic E-state index is 12.1. The number of ether oxygens (including phenoxy) is 1. The second kappa shape index (κ2) is 8.47. The molecule has 2 aromatic rings. The zero-order chi connectivity index (χ0) is 19.1. The van der Waals surface area contributed by atoms with Gasteiger partial charge in [-0.15, -0.1) is 0 Å². The summed E-state index contributed by atoms with van der Waals surface area (Å²) in [5, 5.41) is 5.38. The number of amidine groups is 1. The minimum atomic E-state index is -0.849. The maximum Gasteiger partial charge on any atom is 0.435 e. The van der Waals surface area contributed by atoms with Crippen LogP contribution in [0.15, 0.2) is 47.6 Å². The Morgan fingerprint density at radius 3 is 2.58 bits per heavy atom. The van der Waals surface area contributed by atoms with Crippen LogP contribution in [0.1, 0.15) is 24.1 Å². The highest BCUT2D eigenvalue weighted by Gasteiger charge is 2.12. The zero-order valence-corrected chi connectivity index (χ0v) is 14.4. The van der Waals surface area contributed by atoms with Crippen molar-refractivity contribution in [2.75, 3.05) is 18.2 Å². The number of hydrogen-bond acceptors (Lipinski definition) is 5. The summed E-state index contributed by atoms with van der Waals surface area (Å²) in [6.45, 7) is 1.86. The number of hydrogen-bond donors (Lipinski definition) is 4. The Hall–Kier alpha value is -3.62. The molecule has 0 spiro atoms. The van der Waals surface area contributed by atoms with Crippen LogP contribution in [-0.2, 0) is 4.74 Å². The molecule has 1 aromatic heterocycles. The van der Waals surface area contributed by atoms with E-state index in [1.165, 1.54) is 19.4 Å². The molecule has 136 valence electrons. The molecule has 0 saturated heterocycles. The number of pyridine rings is 1. The summed E-state index contributed by atoms with van der Waals surface area (Å²) in [4.78, 5) is 30.8. The first-order valence-electron chi connectivity index (χ1n) is 7.71. The van der Waals surface area contributed by atoms with Crippen LogP contribution in [0.3, 0.4) is 0 Å². The molecule has 1 heterocycles. The SMILES string of the molecule is COC(=O)/N=C(/N)c1cnc(NC(=O)N[C@H](C)c2ccccc2)cc1N. The van der Waals surface area contributed by atoms with Crippen molar-refractivity contribution < 1.29 is 14.3 Å². The molecule has 0 aliphatic rings. The Morgan fingerprint density at radius 2 is 1.96 bits per heavy atom. The predicted octanol–water partition coefficient (Wildman–Crippen LogP) is 2.02. The molecule has 0 aliphatic heterocycles. The van der Waals surface area contributed by atoms with Crippen LogP contribution < -0.4 is 22.1 Å². The van der Waals surface area contributed by atoms with E-state index in [0.717, 1.165) is 5.56 Å². The normalized spacial score (nSPS) is 12.2. The van der Waals surface area contributed by atoms with Crippen molar-refractivity contribution in [3.63, 3.8) is 0 Å². The van der Waals surface area contributed by atoms with Crippen LogP contribution in [0.4, 0.5) is 21.1 Å². The fourth-order valence-electron chi connectivity index (χ4n) is 2.13. The van der Waals surface area contributed by atoms with E-state index in [2.05, 4.69) is 25.3 Å². The second-order valence-electron chi connectivity index (χ2n) is 5.35. The van der Waals surface area contributed by atoms with Crippen LogP contribution in [0.2, 0.25) is 0 Å². The summed E-state index contributed by atoms with van der Waals surface area (Å²) in [5.74, 6) is 0.102. The van der Waals surface area contributed by atoms with Gasteiger partial charge in [-0.05, 0) is 12.5 Å². The van der Waals surface area contributed by atoms with Crippen molar-refractivity contribution in [1.82, 2.24) is 10.3 Å². The van der Waals surface area contributed by atoms with Crippen molar-refractivity contribution in [3.05, 3.63) is 53.7 Å². The average Bonchev–Trinajstić information content (AvgIpc) is 2.62. The number of rotatable bonds is 4. The van der Waals surface area contributed by atoms with Gasteiger partial charge in [-0.1, -0.05) is 30.3 Å². The van der Waals surface area contributed by atoms with E-state index in [-0.39, 0.29) is 28.9 Å². The number of methoxy groups -OCH3 is 1. The zero-order valence-electron chi connectivity index (χ0n) is 14.4. The fourth-order valence-corrected chi connectivity index (χ4v) is 2.13. The van der Waals surface area contributed by atoms with Gasteiger partial charge >= 0.3 is 12.1 Å². The van der Waals surface area contributed by atoms with E-state index in [4.69, 9.17) is 11.5 Å². The van der Waals surface area contributed by atoms with Crippen molar-refractivity contribution in [2.24, 2.45) is 10.7 Å². The highest BCUT2D eigenvalue weighted by molar-refractivity contribution is 6.06. The average molecular weight is 356 g/mol. The maximum atomic E-state index is 12.1. The Kier molecular flexibility index (Phi) is 6.10. The van der Waals surface area contributed by atoms with Gasteiger partial charge in [-0.2, -0.15) is 4.99 Å². The third-order valence-corrected chi connectivity index (χ3v) is 3.49. The van der Waals surface area contributed by atoms with Crippen LogP contribution in [0.25, 0.3) is 0 Å². The molecule has 6 N–H and O–H groups in total. The Balaban J connectivity index is 2.04. The van der Waals surface area contributed by atoms with E-state index in [9.17, 15) is 9.59 Å². The lowest BCUT2D eigenvalue weighted by atomic mass is 10.1. The van der Waals surface area contributed by atoms with Crippen LogP contribution >= 0.6 is 0 Å². The third-order valence-electron chi connectivity index (χ3n) is 3.49. The van der Waals surface area contributed by atoms with Gasteiger partial charge < -0.3 is 21.5 Å². The van der Waals surface area contributed by atoms with Crippen molar-refractivity contribution >= 4 is 29.5 Å². The van der Waals surface area contributed by atoms with Crippen molar-refractivity contribution in [3.8, 4) is 0 Å². The molecular weight excluding hydrogens is 336 g/mol. The number of nitrogen functional groups attached to an aromatic ring is 1. The highest BCUT2D eigenvalue weighted by atomic mass is 16.5. The smallest absolute Gasteiger partial charge is 0.435 e. The number of aromatic nitrogens is 1. The number of amides is 3. The number of nitrogens with zero attached hydrogens (tertiary/aromatic N) is 2. The molecule has 26 heavy (non-hydrogen) atoms. The van der Waals surface area contributed by atoms with Gasteiger partial charge in [0.2, 0.25) is 0 Å². The number of anilines is 2. The molecular formula is C17H20N6O3. The summed E-state index contributed by atoms with van der Waals surface area (Å²) in [6.07, 6.45) is 0.464. The molecule has 0 aliphatic carbocycles. The Labute approximate surface area is 150 Å². The standard InChI is InChI=1S/C17H20N6O3/c1-10(11-6-4-3-5-7-11)21-16(24)22-14-8-13(18)12(9-20-14)15(19)23-17(25)26-2/h3-10H,1-2H3,(H2,19,23,25)(H4,18,20,21,22,24)/t10-/m1/s1. The Bertz CT molecular complexity index is 823. The molecule has 2 rings (SSSR count). The van der Waals surface area contributed by atoms with Gasteiger partial charge in [0.15, 0.2) is 0 Å². The van der Waals surface area contributed by atoms with E-state index < -0.39 is 12.1 Å². The van der Waals surface area contributed by atoms with Gasteiger partial charge in [0, 0.05) is 18.0 Å². The summed E-state index contributed by atoms with van der Waals surface area (Å²) < 4.78 is 4.40. The number of nitrogens with one attached hydrogen (secondary N) is 2. The molecule has 1 aromatic carbocycles. The second-order valence-corrected chi connectivity index (χ2v) is 5.35. The molecule has 1 atom stereocenters. The van der Waals surface area contributed by atoms with E-state index in [1.807, 2.05) is 37.3 Å². The van der Waals surface area contributed by atoms with Gasteiger partial charge in [-0.25, -0.2) is 14.6 Å². The molecule has 0 radical (unpaired) electrons. The quantitative estimate of drug-likeness (QED) is 0.487. The number of nitrogens with two attached hydrogens (primary N) is 2. The Morgan fingerprint density at radius 1 is 1.27 bits per heavy atom. The minimum Gasteiger partial charge on any atom is -0.451 e. The summed E-state index contributed by atoms with van der Waals surface area (Å²) in [6, 6.07) is 10.3. The molecule has 9 nitrogen and oxygen atoms in total. The van der Waals surface area contributed by atoms with Crippen LogP contribution in [0, 0.1) is 0 Å². The lowest BCUT2D eigenvalue weighted by Gasteiger charge is -2.15. The highest BCUT2D eigenvalue weighted by Crippen LogP contribution is 2.16.